The molecule has 0 saturated heterocycles. The molecule has 2 aromatic carbocycles. The highest BCUT2D eigenvalue weighted by Crippen LogP contribution is 2.16. The highest BCUT2D eigenvalue weighted by atomic mass is 16.1. The first-order valence-corrected chi connectivity index (χ1v) is 7.02. The molecule has 2 heteroatoms. The molecule has 0 aliphatic rings. The zero-order valence-electron chi connectivity index (χ0n) is 12.4. The number of hydrogen-bond acceptors (Lipinski definition) is 2. The molecule has 0 aromatic heterocycles. The largest absolute Gasteiger partial charge is 0.364 e. The summed E-state index contributed by atoms with van der Waals surface area (Å²) in [4.78, 5) is 14.5. The Morgan fingerprint density at radius 3 is 2.25 bits per heavy atom. The molecule has 0 spiro atoms. The van der Waals surface area contributed by atoms with Crippen LogP contribution in [0, 0.1) is 13.8 Å². The van der Waals surface area contributed by atoms with Crippen molar-refractivity contribution in [2.24, 2.45) is 0 Å². The summed E-state index contributed by atoms with van der Waals surface area (Å²) in [5.74, 6) is 0.172. The third-order valence-corrected chi connectivity index (χ3v) is 3.56. The second kappa shape index (κ2) is 6.38. The fourth-order valence-corrected chi connectivity index (χ4v) is 2.29. The van der Waals surface area contributed by atoms with Gasteiger partial charge in [0.15, 0.2) is 5.78 Å². The molecular formula is C18H21NO. The van der Waals surface area contributed by atoms with Crippen molar-refractivity contribution >= 4 is 11.5 Å². The summed E-state index contributed by atoms with van der Waals surface area (Å²) in [5, 5.41) is 0. The number of nitrogens with zero attached hydrogens (tertiary/aromatic N) is 1. The molecule has 0 unspecified atom stereocenters. The summed E-state index contributed by atoms with van der Waals surface area (Å²) in [6.07, 6.45) is 0. The Balaban J connectivity index is 2.16. The zero-order valence-corrected chi connectivity index (χ0v) is 12.4. The van der Waals surface area contributed by atoms with Gasteiger partial charge in [0.1, 0.15) is 0 Å². The van der Waals surface area contributed by atoms with Crippen molar-refractivity contribution in [3.63, 3.8) is 0 Å². The lowest BCUT2D eigenvalue weighted by atomic mass is 10.0. The molecule has 0 N–H and O–H groups in total. The number of carbonyl (C=O) groups excluding carboxylic acids is 1. The van der Waals surface area contributed by atoms with E-state index in [9.17, 15) is 4.79 Å². The van der Waals surface area contributed by atoms with Crippen LogP contribution in [0.5, 0.6) is 0 Å². The Hall–Kier alpha value is -2.09. The number of benzene rings is 2. The number of Topliss-reactive ketones (excluding diaryl/α,β-unsaturated/α-hetero) is 1. The third-order valence-electron chi connectivity index (χ3n) is 3.56. The predicted molar refractivity (Wildman–Crippen MR) is 84.6 cm³/mol. The smallest absolute Gasteiger partial charge is 0.182 e. The van der Waals surface area contributed by atoms with E-state index in [1.165, 1.54) is 5.56 Å². The summed E-state index contributed by atoms with van der Waals surface area (Å²) in [6, 6.07) is 16.1. The molecule has 0 saturated carbocycles. The maximum absolute atomic E-state index is 12.4. The molecule has 20 heavy (non-hydrogen) atoms. The summed E-state index contributed by atoms with van der Waals surface area (Å²) < 4.78 is 0. The van der Waals surface area contributed by atoms with E-state index in [1.54, 1.807) is 0 Å². The van der Waals surface area contributed by atoms with Gasteiger partial charge >= 0.3 is 0 Å². The number of likely N-dealkylation sites (N-methyl/N-ethyl adjacent to an activating group) is 1. The molecule has 0 radical (unpaired) electrons. The van der Waals surface area contributed by atoms with Gasteiger partial charge in [-0.25, -0.2) is 0 Å². The minimum Gasteiger partial charge on any atom is -0.364 e. The lowest BCUT2D eigenvalue weighted by molar-refractivity contribution is 0.0998. The van der Waals surface area contributed by atoms with Crippen molar-refractivity contribution in [1.82, 2.24) is 0 Å². The quantitative estimate of drug-likeness (QED) is 0.763. The molecular weight excluding hydrogens is 246 g/mol. The number of ketones is 1. The number of rotatable bonds is 5. The van der Waals surface area contributed by atoms with Crippen LogP contribution in [0.2, 0.25) is 0 Å². The molecule has 0 fully saturated rings. The average Bonchev–Trinajstić information content (AvgIpc) is 2.46. The molecule has 0 aliphatic carbocycles. The minimum absolute atomic E-state index is 0.172. The van der Waals surface area contributed by atoms with Crippen LogP contribution < -0.4 is 4.90 Å². The molecule has 0 heterocycles. The van der Waals surface area contributed by atoms with E-state index in [-0.39, 0.29) is 5.78 Å². The fraction of sp³-hybridized carbons (Fsp3) is 0.278. The highest BCUT2D eigenvalue weighted by molar-refractivity contribution is 6.00. The van der Waals surface area contributed by atoms with Crippen LogP contribution in [0.1, 0.15) is 28.4 Å². The summed E-state index contributed by atoms with van der Waals surface area (Å²) in [7, 11) is 0. The van der Waals surface area contributed by atoms with E-state index in [0.29, 0.717) is 6.54 Å². The van der Waals surface area contributed by atoms with Gasteiger partial charge < -0.3 is 4.90 Å². The monoisotopic (exact) mass is 267 g/mol. The maximum atomic E-state index is 12.4. The van der Waals surface area contributed by atoms with Crippen LogP contribution in [0.25, 0.3) is 0 Å². The Kier molecular flexibility index (Phi) is 4.57. The summed E-state index contributed by atoms with van der Waals surface area (Å²) in [6.45, 7) is 7.37. The first-order valence-electron chi connectivity index (χ1n) is 7.02. The third kappa shape index (κ3) is 3.27. The predicted octanol–water partition coefficient (Wildman–Crippen LogP) is 4.01. The van der Waals surface area contributed by atoms with Crippen LogP contribution in [0.15, 0.2) is 48.5 Å². The van der Waals surface area contributed by atoms with E-state index in [2.05, 4.69) is 43.0 Å². The minimum atomic E-state index is 0.172. The Bertz CT molecular complexity index is 587. The fourth-order valence-electron chi connectivity index (χ4n) is 2.29. The highest BCUT2D eigenvalue weighted by Gasteiger charge is 2.13. The number of hydrogen-bond donors (Lipinski definition) is 0. The normalized spacial score (nSPS) is 10.3. The Morgan fingerprint density at radius 2 is 1.65 bits per heavy atom. The molecule has 0 atom stereocenters. The van der Waals surface area contributed by atoms with Gasteiger partial charge in [-0.3, -0.25) is 4.79 Å². The Morgan fingerprint density at radius 1 is 1.00 bits per heavy atom. The van der Waals surface area contributed by atoms with Gasteiger partial charge in [-0.2, -0.15) is 0 Å². The molecule has 0 bridgehead atoms. The average molecular weight is 267 g/mol. The van der Waals surface area contributed by atoms with E-state index < -0.39 is 0 Å². The number of carbonyl (C=O) groups is 1. The van der Waals surface area contributed by atoms with Crippen molar-refractivity contribution < 1.29 is 4.79 Å². The number of anilines is 1. The summed E-state index contributed by atoms with van der Waals surface area (Å²) >= 11 is 0. The maximum Gasteiger partial charge on any atom is 0.182 e. The second-order valence-electron chi connectivity index (χ2n) is 5.09. The molecule has 0 amide bonds. The molecule has 2 rings (SSSR count). The molecule has 0 aliphatic heterocycles. The first-order chi connectivity index (χ1) is 9.61. The number of aryl methyl sites for hydroxylation is 2. The van der Waals surface area contributed by atoms with Crippen LogP contribution in [0.4, 0.5) is 5.69 Å². The van der Waals surface area contributed by atoms with E-state index in [4.69, 9.17) is 0 Å². The lowest BCUT2D eigenvalue weighted by Crippen LogP contribution is -2.29. The van der Waals surface area contributed by atoms with E-state index in [1.807, 2.05) is 31.2 Å². The van der Waals surface area contributed by atoms with Crippen LogP contribution >= 0.6 is 0 Å². The van der Waals surface area contributed by atoms with Crippen LogP contribution in [-0.4, -0.2) is 18.9 Å². The van der Waals surface area contributed by atoms with Gasteiger partial charge in [-0.05, 0) is 38.5 Å². The SMILES string of the molecule is CCN(CC(=O)c1ccccc1C)c1ccc(C)cc1. The van der Waals surface area contributed by atoms with Crippen molar-refractivity contribution in [2.45, 2.75) is 20.8 Å². The summed E-state index contributed by atoms with van der Waals surface area (Å²) in [5.41, 5.74) is 4.19. The van der Waals surface area contributed by atoms with E-state index >= 15 is 0 Å². The molecule has 104 valence electrons. The van der Waals surface area contributed by atoms with Gasteiger partial charge in [-0.1, -0.05) is 42.0 Å². The Labute approximate surface area is 121 Å². The van der Waals surface area contributed by atoms with Gasteiger partial charge in [-0.15, -0.1) is 0 Å². The van der Waals surface area contributed by atoms with Gasteiger partial charge in [0.25, 0.3) is 0 Å². The van der Waals surface area contributed by atoms with E-state index in [0.717, 1.165) is 23.4 Å². The standard InChI is InChI=1S/C18H21NO/c1-4-19(16-11-9-14(2)10-12-16)13-18(20)17-8-6-5-7-15(17)3/h5-12H,4,13H2,1-3H3. The molecule has 2 nitrogen and oxygen atoms in total. The topological polar surface area (TPSA) is 20.3 Å². The zero-order chi connectivity index (χ0) is 14.5. The van der Waals surface area contributed by atoms with Gasteiger partial charge in [0, 0.05) is 17.8 Å². The second-order valence-corrected chi connectivity index (χ2v) is 5.09. The van der Waals surface area contributed by atoms with Crippen molar-refractivity contribution in [3.8, 4) is 0 Å². The van der Waals surface area contributed by atoms with Crippen LogP contribution in [0.3, 0.4) is 0 Å². The van der Waals surface area contributed by atoms with Crippen molar-refractivity contribution in [3.05, 3.63) is 65.2 Å². The first kappa shape index (κ1) is 14.3. The van der Waals surface area contributed by atoms with Gasteiger partial charge in [0.2, 0.25) is 0 Å². The lowest BCUT2D eigenvalue weighted by Gasteiger charge is -2.22. The van der Waals surface area contributed by atoms with Crippen molar-refractivity contribution in [1.29, 1.82) is 0 Å². The molecule has 2 aromatic rings. The van der Waals surface area contributed by atoms with Crippen LogP contribution in [-0.2, 0) is 0 Å². The van der Waals surface area contributed by atoms with Crippen molar-refractivity contribution in [2.75, 3.05) is 18.0 Å². The van der Waals surface area contributed by atoms with Gasteiger partial charge in [0.05, 0.1) is 6.54 Å².